The fraction of sp³-hybridized carbons (Fsp3) is 0.250. The van der Waals surface area contributed by atoms with Crippen molar-refractivity contribution in [2.45, 2.75) is 13.3 Å². The van der Waals surface area contributed by atoms with E-state index in [4.69, 9.17) is 9.84 Å². The van der Waals surface area contributed by atoms with E-state index in [1.165, 1.54) is 0 Å². The number of benzene rings is 1. The summed E-state index contributed by atoms with van der Waals surface area (Å²) in [6.07, 6.45) is 2.22. The second-order valence-corrected chi connectivity index (χ2v) is 5.17. The van der Waals surface area contributed by atoms with Gasteiger partial charge in [0.05, 0.1) is 11.1 Å². The zero-order valence-electron chi connectivity index (χ0n) is 9.24. The highest BCUT2D eigenvalue weighted by Crippen LogP contribution is 2.28. The van der Waals surface area contributed by atoms with Crippen molar-refractivity contribution in [2.75, 3.05) is 6.61 Å². The first-order chi connectivity index (χ1) is 8.00. The van der Waals surface area contributed by atoms with Gasteiger partial charge in [-0.2, -0.15) is 0 Å². The van der Waals surface area contributed by atoms with E-state index in [2.05, 4.69) is 31.9 Å². The summed E-state index contributed by atoms with van der Waals surface area (Å²) >= 11 is 6.74. The molecule has 0 aromatic heterocycles. The molecule has 17 heavy (non-hydrogen) atoms. The number of aliphatic carboxylic acids is 1. The maximum Gasteiger partial charge on any atom is 0.330 e. The third-order valence-corrected chi connectivity index (χ3v) is 3.17. The minimum atomic E-state index is -0.894. The molecule has 0 unspecified atom stereocenters. The molecule has 5 heteroatoms. The summed E-state index contributed by atoms with van der Waals surface area (Å²) in [7, 11) is 0. The number of hydrogen-bond donors (Lipinski definition) is 1. The molecule has 0 aliphatic rings. The van der Waals surface area contributed by atoms with Crippen LogP contribution in [0.5, 0.6) is 5.75 Å². The number of halogens is 2. The summed E-state index contributed by atoms with van der Waals surface area (Å²) in [5.41, 5.74) is 0.337. The monoisotopic (exact) mass is 362 g/mol. The fourth-order valence-electron chi connectivity index (χ4n) is 1.12. The molecule has 0 fully saturated rings. The van der Waals surface area contributed by atoms with Crippen molar-refractivity contribution in [1.82, 2.24) is 0 Å². The Balaban J connectivity index is 2.46. The Morgan fingerprint density at radius 1 is 1.47 bits per heavy atom. The van der Waals surface area contributed by atoms with Crippen LogP contribution in [0.1, 0.15) is 13.3 Å². The second kappa shape index (κ2) is 6.81. The Labute approximate surface area is 117 Å². The Morgan fingerprint density at radius 3 is 2.76 bits per heavy atom. The number of carboxylic acids is 1. The van der Waals surface area contributed by atoms with Crippen molar-refractivity contribution in [1.29, 1.82) is 0 Å². The predicted molar refractivity (Wildman–Crippen MR) is 73.3 cm³/mol. The van der Waals surface area contributed by atoms with Gasteiger partial charge in [0.2, 0.25) is 0 Å². The molecule has 0 aliphatic carbocycles. The zero-order chi connectivity index (χ0) is 12.8. The summed E-state index contributed by atoms with van der Waals surface area (Å²) in [5, 5.41) is 8.65. The number of hydrogen-bond acceptors (Lipinski definition) is 2. The van der Waals surface area contributed by atoms with Gasteiger partial charge in [0.1, 0.15) is 5.75 Å². The molecule has 0 amide bonds. The van der Waals surface area contributed by atoms with Crippen LogP contribution in [-0.2, 0) is 4.79 Å². The number of ether oxygens (including phenoxy) is 1. The van der Waals surface area contributed by atoms with Gasteiger partial charge in [-0.05, 0) is 41.1 Å². The third-order valence-electron chi connectivity index (χ3n) is 2.06. The average Bonchev–Trinajstić information content (AvgIpc) is 2.26. The summed E-state index contributed by atoms with van der Waals surface area (Å²) < 4.78 is 7.35. The molecule has 1 rings (SSSR count). The van der Waals surface area contributed by atoms with Crippen LogP contribution in [0.15, 0.2) is 38.8 Å². The van der Waals surface area contributed by atoms with Crippen molar-refractivity contribution >= 4 is 37.8 Å². The average molecular weight is 364 g/mol. The molecule has 0 aliphatic heterocycles. The lowest BCUT2D eigenvalue weighted by molar-refractivity contribution is -0.132. The minimum Gasteiger partial charge on any atom is -0.492 e. The lowest BCUT2D eigenvalue weighted by Gasteiger charge is -2.07. The van der Waals surface area contributed by atoms with Gasteiger partial charge in [0.25, 0.3) is 0 Å². The molecule has 0 spiro atoms. The molecule has 92 valence electrons. The fourth-order valence-corrected chi connectivity index (χ4v) is 2.29. The van der Waals surface area contributed by atoms with E-state index in [1.807, 2.05) is 18.2 Å². The number of carbonyl (C=O) groups is 1. The Morgan fingerprint density at radius 2 is 2.18 bits per heavy atom. The van der Waals surface area contributed by atoms with Crippen molar-refractivity contribution in [3.8, 4) is 5.75 Å². The lowest BCUT2D eigenvalue weighted by atomic mass is 10.2. The van der Waals surface area contributed by atoms with Crippen LogP contribution in [0.3, 0.4) is 0 Å². The normalized spacial score (nSPS) is 11.4. The highest BCUT2D eigenvalue weighted by atomic mass is 79.9. The third kappa shape index (κ3) is 4.91. The van der Waals surface area contributed by atoms with Crippen molar-refractivity contribution in [3.05, 3.63) is 38.8 Å². The molecular formula is C12H12Br2O3. The van der Waals surface area contributed by atoms with Gasteiger partial charge in [-0.15, -0.1) is 0 Å². The standard InChI is InChI=1S/C12H12Br2O3/c1-8(12(15)16)3-2-6-17-11-5-4-9(13)7-10(11)14/h3-5,7H,2,6H2,1H3,(H,15,16). The van der Waals surface area contributed by atoms with Crippen molar-refractivity contribution in [2.24, 2.45) is 0 Å². The molecule has 0 saturated heterocycles. The topological polar surface area (TPSA) is 46.5 Å². The van der Waals surface area contributed by atoms with Gasteiger partial charge in [-0.25, -0.2) is 4.79 Å². The molecule has 0 bridgehead atoms. The van der Waals surface area contributed by atoms with E-state index in [0.717, 1.165) is 14.7 Å². The van der Waals surface area contributed by atoms with Gasteiger partial charge in [0, 0.05) is 16.5 Å². The van der Waals surface area contributed by atoms with Crippen LogP contribution in [0.4, 0.5) is 0 Å². The molecular weight excluding hydrogens is 352 g/mol. The van der Waals surface area contributed by atoms with Crippen molar-refractivity contribution < 1.29 is 14.6 Å². The second-order valence-electron chi connectivity index (χ2n) is 3.40. The lowest BCUT2D eigenvalue weighted by Crippen LogP contribution is -2.00. The maximum atomic E-state index is 10.5. The summed E-state index contributed by atoms with van der Waals surface area (Å²) in [4.78, 5) is 10.5. The van der Waals surface area contributed by atoms with Crippen LogP contribution < -0.4 is 4.74 Å². The molecule has 1 N–H and O–H groups in total. The smallest absolute Gasteiger partial charge is 0.330 e. The van der Waals surface area contributed by atoms with Crippen LogP contribution in [0.25, 0.3) is 0 Å². The van der Waals surface area contributed by atoms with Gasteiger partial charge in [0.15, 0.2) is 0 Å². The highest BCUT2D eigenvalue weighted by molar-refractivity contribution is 9.11. The van der Waals surface area contributed by atoms with E-state index >= 15 is 0 Å². The van der Waals surface area contributed by atoms with E-state index in [-0.39, 0.29) is 0 Å². The predicted octanol–water partition coefficient (Wildman–Crippen LogP) is 4.01. The van der Waals surface area contributed by atoms with Crippen LogP contribution in [-0.4, -0.2) is 17.7 Å². The Hall–Kier alpha value is -0.810. The van der Waals surface area contributed by atoms with E-state index in [0.29, 0.717) is 18.6 Å². The van der Waals surface area contributed by atoms with Gasteiger partial charge in [-0.1, -0.05) is 22.0 Å². The van der Waals surface area contributed by atoms with Crippen LogP contribution >= 0.6 is 31.9 Å². The summed E-state index contributed by atoms with van der Waals surface area (Å²) in [6.45, 7) is 2.02. The summed E-state index contributed by atoms with van der Waals surface area (Å²) in [6, 6.07) is 5.63. The first-order valence-electron chi connectivity index (χ1n) is 4.98. The van der Waals surface area contributed by atoms with Gasteiger partial charge < -0.3 is 9.84 Å². The quantitative estimate of drug-likeness (QED) is 0.635. The largest absolute Gasteiger partial charge is 0.492 e. The Bertz CT molecular complexity index is 441. The minimum absolute atomic E-state index is 0.337. The first-order valence-corrected chi connectivity index (χ1v) is 6.57. The van der Waals surface area contributed by atoms with Crippen LogP contribution in [0.2, 0.25) is 0 Å². The van der Waals surface area contributed by atoms with Crippen molar-refractivity contribution in [3.63, 3.8) is 0 Å². The first kappa shape index (κ1) is 14.3. The molecule has 0 heterocycles. The van der Waals surface area contributed by atoms with Gasteiger partial charge in [-0.3, -0.25) is 0 Å². The molecule has 0 saturated carbocycles. The van der Waals surface area contributed by atoms with E-state index in [1.54, 1.807) is 13.0 Å². The molecule has 1 aromatic carbocycles. The Kier molecular flexibility index (Phi) is 5.71. The van der Waals surface area contributed by atoms with E-state index in [9.17, 15) is 4.79 Å². The molecule has 3 nitrogen and oxygen atoms in total. The maximum absolute atomic E-state index is 10.5. The number of rotatable bonds is 5. The van der Waals surface area contributed by atoms with E-state index < -0.39 is 5.97 Å². The SMILES string of the molecule is CC(=CCCOc1ccc(Br)cc1Br)C(=O)O. The summed E-state index contributed by atoms with van der Waals surface area (Å²) in [5.74, 6) is -0.149. The molecule has 0 radical (unpaired) electrons. The number of carboxylic acid groups (broad SMARTS) is 1. The molecule has 1 aromatic rings. The van der Waals surface area contributed by atoms with Crippen LogP contribution in [0, 0.1) is 0 Å². The molecule has 0 atom stereocenters. The zero-order valence-corrected chi connectivity index (χ0v) is 12.4. The van der Waals surface area contributed by atoms with Gasteiger partial charge >= 0.3 is 5.97 Å². The highest BCUT2D eigenvalue weighted by Gasteiger charge is 2.02.